The molecule has 82 valence electrons. The van der Waals surface area contributed by atoms with Crippen LogP contribution in [0.2, 0.25) is 0 Å². The lowest BCUT2D eigenvalue weighted by Crippen LogP contribution is -2.27. The number of halogens is 1. The minimum absolute atomic E-state index is 0.0652. The van der Waals surface area contributed by atoms with Crippen molar-refractivity contribution in [1.29, 1.82) is 0 Å². The molecule has 1 aromatic rings. The first-order valence-electron chi connectivity index (χ1n) is 5.36. The number of rotatable bonds is 2. The molecule has 1 aliphatic rings. The highest BCUT2D eigenvalue weighted by Crippen LogP contribution is 2.28. The van der Waals surface area contributed by atoms with Crippen molar-refractivity contribution in [2.24, 2.45) is 11.7 Å². The number of hydrogen-bond acceptors (Lipinski definition) is 2. The molecule has 3 heteroatoms. The van der Waals surface area contributed by atoms with E-state index in [1.807, 2.05) is 6.07 Å². The monoisotopic (exact) mass is 209 g/mol. The van der Waals surface area contributed by atoms with Crippen molar-refractivity contribution < 1.29 is 9.13 Å². The molecule has 0 bridgehead atoms. The van der Waals surface area contributed by atoms with E-state index in [1.165, 1.54) is 12.1 Å². The van der Waals surface area contributed by atoms with Gasteiger partial charge in [0.1, 0.15) is 5.82 Å². The fraction of sp³-hybridized carbons (Fsp3) is 0.500. The first kappa shape index (κ1) is 10.6. The molecule has 0 aliphatic carbocycles. The van der Waals surface area contributed by atoms with Gasteiger partial charge in [-0.3, -0.25) is 0 Å². The quantitative estimate of drug-likeness (QED) is 0.810. The normalized spacial score (nSPS) is 20.1. The van der Waals surface area contributed by atoms with Gasteiger partial charge in [-0.1, -0.05) is 12.1 Å². The Kier molecular flexibility index (Phi) is 3.34. The van der Waals surface area contributed by atoms with Gasteiger partial charge < -0.3 is 10.5 Å². The van der Waals surface area contributed by atoms with Crippen LogP contribution in [0.4, 0.5) is 4.39 Å². The van der Waals surface area contributed by atoms with E-state index in [9.17, 15) is 4.39 Å². The fourth-order valence-electron chi connectivity index (χ4n) is 2.06. The van der Waals surface area contributed by atoms with E-state index in [-0.39, 0.29) is 11.9 Å². The lowest BCUT2D eigenvalue weighted by molar-refractivity contribution is 0.0583. The second-order valence-corrected chi connectivity index (χ2v) is 4.03. The largest absolute Gasteiger partial charge is 0.381 e. The van der Waals surface area contributed by atoms with Crippen LogP contribution in [0.25, 0.3) is 0 Å². The van der Waals surface area contributed by atoms with Crippen LogP contribution in [0.1, 0.15) is 24.4 Å². The van der Waals surface area contributed by atoms with Crippen LogP contribution in [0.5, 0.6) is 0 Å². The molecule has 0 spiro atoms. The third-order valence-corrected chi connectivity index (χ3v) is 3.01. The smallest absolute Gasteiger partial charge is 0.123 e. The summed E-state index contributed by atoms with van der Waals surface area (Å²) in [6.07, 6.45) is 1.94. The molecule has 0 radical (unpaired) electrons. The van der Waals surface area contributed by atoms with Gasteiger partial charge in [-0.25, -0.2) is 4.39 Å². The molecule has 1 unspecified atom stereocenters. The Balaban J connectivity index is 2.08. The van der Waals surface area contributed by atoms with Crippen LogP contribution >= 0.6 is 0 Å². The van der Waals surface area contributed by atoms with Crippen LogP contribution in [-0.4, -0.2) is 13.2 Å². The Labute approximate surface area is 89.2 Å². The number of benzene rings is 1. The van der Waals surface area contributed by atoms with E-state index >= 15 is 0 Å². The Morgan fingerprint density at radius 1 is 1.33 bits per heavy atom. The molecule has 15 heavy (non-hydrogen) atoms. The molecule has 0 saturated carbocycles. The average Bonchev–Trinajstić information content (AvgIpc) is 2.29. The minimum atomic E-state index is -0.213. The minimum Gasteiger partial charge on any atom is -0.381 e. The SMILES string of the molecule is NC(c1cccc(F)c1)C1CCOCC1. The van der Waals surface area contributed by atoms with E-state index in [1.54, 1.807) is 6.07 Å². The standard InChI is InChI=1S/C12H16FNO/c13-11-3-1-2-10(8-11)12(14)9-4-6-15-7-5-9/h1-3,8-9,12H,4-7,14H2. The van der Waals surface area contributed by atoms with Crippen molar-refractivity contribution in [3.8, 4) is 0 Å². The Bertz CT molecular complexity index is 323. The Hall–Kier alpha value is -0.930. The van der Waals surface area contributed by atoms with Crippen LogP contribution in [0.15, 0.2) is 24.3 Å². The molecule has 2 N–H and O–H groups in total. The first-order chi connectivity index (χ1) is 7.27. The summed E-state index contributed by atoms with van der Waals surface area (Å²) < 4.78 is 18.3. The van der Waals surface area contributed by atoms with Gasteiger partial charge in [-0.2, -0.15) is 0 Å². The second kappa shape index (κ2) is 4.73. The van der Waals surface area contributed by atoms with Gasteiger partial charge in [0.25, 0.3) is 0 Å². The van der Waals surface area contributed by atoms with Crippen molar-refractivity contribution in [1.82, 2.24) is 0 Å². The summed E-state index contributed by atoms with van der Waals surface area (Å²) in [6.45, 7) is 1.54. The van der Waals surface area contributed by atoms with Gasteiger partial charge in [0.15, 0.2) is 0 Å². The maximum absolute atomic E-state index is 13.0. The summed E-state index contributed by atoms with van der Waals surface area (Å²) in [6, 6.07) is 6.51. The van der Waals surface area contributed by atoms with Crippen molar-refractivity contribution in [3.05, 3.63) is 35.6 Å². The number of ether oxygens (including phenoxy) is 1. The second-order valence-electron chi connectivity index (χ2n) is 4.03. The molecule has 2 rings (SSSR count). The zero-order valence-electron chi connectivity index (χ0n) is 8.66. The highest BCUT2D eigenvalue weighted by atomic mass is 19.1. The Morgan fingerprint density at radius 2 is 2.07 bits per heavy atom. The lowest BCUT2D eigenvalue weighted by Gasteiger charge is -2.27. The predicted octanol–water partition coefficient (Wildman–Crippen LogP) is 2.25. The summed E-state index contributed by atoms with van der Waals surface area (Å²) in [5, 5.41) is 0. The highest BCUT2D eigenvalue weighted by molar-refractivity contribution is 5.20. The molecule has 1 saturated heterocycles. The zero-order valence-corrected chi connectivity index (χ0v) is 8.66. The van der Waals surface area contributed by atoms with Gasteiger partial charge in [0, 0.05) is 19.3 Å². The molecule has 1 aromatic carbocycles. The van der Waals surface area contributed by atoms with Crippen LogP contribution in [0.3, 0.4) is 0 Å². The number of nitrogens with two attached hydrogens (primary N) is 1. The fourth-order valence-corrected chi connectivity index (χ4v) is 2.06. The van der Waals surface area contributed by atoms with E-state index in [4.69, 9.17) is 10.5 Å². The molecule has 1 aliphatic heterocycles. The van der Waals surface area contributed by atoms with Crippen molar-refractivity contribution in [2.75, 3.05) is 13.2 Å². The van der Waals surface area contributed by atoms with Crippen molar-refractivity contribution in [2.45, 2.75) is 18.9 Å². The molecule has 0 amide bonds. The third kappa shape index (κ3) is 2.55. The van der Waals surface area contributed by atoms with Gasteiger partial charge in [0.2, 0.25) is 0 Å². The maximum atomic E-state index is 13.0. The molecule has 1 heterocycles. The summed E-state index contributed by atoms with van der Waals surface area (Å²) in [4.78, 5) is 0. The van der Waals surface area contributed by atoms with Gasteiger partial charge in [-0.05, 0) is 36.5 Å². The topological polar surface area (TPSA) is 35.2 Å². The van der Waals surface area contributed by atoms with Crippen LogP contribution < -0.4 is 5.73 Å². The van der Waals surface area contributed by atoms with E-state index in [0.717, 1.165) is 31.6 Å². The van der Waals surface area contributed by atoms with Crippen molar-refractivity contribution in [3.63, 3.8) is 0 Å². The highest BCUT2D eigenvalue weighted by Gasteiger charge is 2.22. The Morgan fingerprint density at radius 3 is 2.73 bits per heavy atom. The zero-order chi connectivity index (χ0) is 10.7. The average molecular weight is 209 g/mol. The molecule has 2 nitrogen and oxygen atoms in total. The van der Waals surface area contributed by atoms with Crippen LogP contribution in [0, 0.1) is 11.7 Å². The van der Waals surface area contributed by atoms with Gasteiger partial charge in [-0.15, -0.1) is 0 Å². The van der Waals surface area contributed by atoms with Crippen molar-refractivity contribution >= 4 is 0 Å². The predicted molar refractivity (Wildman–Crippen MR) is 56.9 cm³/mol. The van der Waals surface area contributed by atoms with Gasteiger partial charge in [0.05, 0.1) is 0 Å². The van der Waals surface area contributed by atoms with Gasteiger partial charge >= 0.3 is 0 Å². The molecule has 1 atom stereocenters. The lowest BCUT2D eigenvalue weighted by atomic mass is 9.88. The van der Waals surface area contributed by atoms with E-state index in [0.29, 0.717) is 5.92 Å². The summed E-state index contributed by atoms with van der Waals surface area (Å²) in [5.74, 6) is 0.204. The molecular formula is C12H16FNO. The van der Waals surface area contributed by atoms with E-state index in [2.05, 4.69) is 0 Å². The van der Waals surface area contributed by atoms with Crippen LogP contribution in [-0.2, 0) is 4.74 Å². The summed E-state index contributed by atoms with van der Waals surface area (Å²) in [7, 11) is 0. The molecule has 0 aromatic heterocycles. The molecular weight excluding hydrogens is 193 g/mol. The maximum Gasteiger partial charge on any atom is 0.123 e. The third-order valence-electron chi connectivity index (χ3n) is 3.01. The van der Waals surface area contributed by atoms with E-state index < -0.39 is 0 Å². The summed E-state index contributed by atoms with van der Waals surface area (Å²) >= 11 is 0. The molecule has 1 fully saturated rings. The first-order valence-corrected chi connectivity index (χ1v) is 5.36. The summed E-state index contributed by atoms with van der Waals surface area (Å²) in [5.41, 5.74) is 7.01. The number of hydrogen-bond donors (Lipinski definition) is 1.